The first-order valence-corrected chi connectivity index (χ1v) is 8.64. The Hall–Kier alpha value is -3.10. The Morgan fingerprint density at radius 3 is 2.64 bits per heavy atom. The summed E-state index contributed by atoms with van der Waals surface area (Å²) in [7, 11) is 1.63. The van der Waals surface area contributed by atoms with Gasteiger partial charge in [0.2, 0.25) is 11.7 Å². The number of hydrogen-bond acceptors (Lipinski definition) is 5. The summed E-state index contributed by atoms with van der Waals surface area (Å²) in [5, 5.41) is 3.97. The third-order valence-corrected chi connectivity index (χ3v) is 5.03. The monoisotopic (exact) mass is 391 g/mol. The minimum Gasteiger partial charge on any atom is -0.406 e. The first-order chi connectivity index (χ1) is 13.3. The van der Waals surface area contributed by atoms with Crippen molar-refractivity contribution in [3.63, 3.8) is 0 Å². The molecule has 0 bridgehead atoms. The van der Waals surface area contributed by atoms with E-state index < -0.39 is 11.8 Å². The molecular weight excluding hydrogens is 375 g/mol. The van der Waals surface area contributed by atoms with Crippen molar-refractivity contribution < 1.29 is 22.4 Å². The van der Waals surface area contributed by atoms with E-state index in [1.165, 1.54) is 28.8 Å². The van der Waals surface area contributed by atoms with Crippen LogP contribution in [0.3, 0.4) is 0 Å². The molecule has 0 saturated heterocycles. The fourth-order valence-corrected chi connectivity index (χ4v) is 3.37. The number of aryl methyl sites for hydroxylation is 1. The van der Waals surface area contributed by atoms with Crippen molar-refractivity contribution in [2.75, 3.05) is 0 Å². The van der Waals surface area contributed by atoms with Crippen LogP contribution in [0.5, 0.6) is 5.75 Å². The highest BCUT2D eigenvalue weighted by atomic mass is 19.4. The van der Waals surface area contributed by atoms with E-state index in [0.717, 1.165) is 6.42 Å². The Balaban J connectivity index is 1.69. The van der Waals surface area contributed by atoms with Crippen LogP contribution in [-0.4, -0.2) is 21.1 Å². The van der Waals surface area contributed by atoms with Crippen molar-refractivity contribution in [3.8, 4) is 17.1 Å². The molecule has 9 heteroatoms. The van der Waals surface area contributed by atoms with Crippen molar-refractivity contribution in [3.05, 3.63) is 64.4 Å². The van der Waals surface area contributed by atoms with Crippen molar-refractivity contribution >= 4 is 0 Å². The van der Waals surface area contributed by atoms with E-state index in [-0.39, 0.29) is 17.1 Å². The zero-order valence-electron chi connectivity index (χ0n) is 14.9. The van der Waals surface area contributed by atoms with Crippen LogP contribution < -0.4 is 10.3 Å². The maximum absolute atomic E-state index is 12.6. The second-order valence-electron chi connectivity index (χ2n) is 6.80. The normalized spacial score (nSPS) is 15.9. The molecule has 2 heterocycles. The lowest BCUT2D eigenvalue weighted by Crippen LogP contribution is -2.36. The van der Waals surface area contributed by atoms with Gasteiger partial charge in [0.1, 0.15) is 5.75 Å². The Bertz CT molecular complexity index is 1070. The minimum absolute atomic E-state index is 0.209. The second kappa shape index (κ2) is 6.50. The molecule has 28 heavy (non-hydrogen) atoms. The van der Waals surface area contributed by atoms with Gasteiger partial charge >= 0.3 is 6.36 Å². The first kappa shape index (κ1) is 18.3. The predicted octanol–water partition coefficient (Wildman–Crippen LogP) is 3.80. The molecule has 2 aromatic heterocycles. The molecule has 6 nitrogen and oxygen atoms in total. The van der Waals surface area contributed by atoms with E-state index in [4.69, 9.17) is 4.52 Å². The summed E-state index contributed by atoms with van der Waals surface area (Å²) in [4.78, 5) is 16.3. The number of halogens is 3. The van der Waals surface area contributed by atoms with Crippen LogP contribution >= 0.6 is 0 Å². The van der Waals surface area contributed by atoms with Crippen LogP contribution in [0, 0.1) is 0 Å². The maximum Gasteiger partial charge on any atom is 0.573 e. The summed E-state index contributed by atoms with van der Waals surface area (Å²) in [5.41, 5.74) is 0.274. The van der Waals surface area contributed by atoms with Crippen LogP contribution in [0.15, 0.2) is 51.9 Å². The lowest BCUT2D eigenvalue weighted by molar-refractivity contribution is -0.274. The number of alkyl halides is 3. The third-order valence-electron chi connectivity index (χ3n) is 5.03. The quantitative estimate of drug-likeness (QED) is 0.677. The van der Waals surface area contributed by atoms with E-state index in [9.17, 15) is 18.0 Å². The molecule has 1 aromatic carbocycles. The van der Waals surface area contributed by atoms with Crippen LogP contribution in [-0.2, 0) is 12.5 Å². The van der Waals surface area contributed by atoms with Gasteiger partial charge in [-0.15, -0.1) is 13.2 Å². The standard InChI is InChI=1S/C19H16F3N3O3/c1-25-9-6-12(10-15(25)26)16-23-17(28-24-16)18(7-3-8-18)13-4-2-5-14(11-13)27-19(20,21)22/h2,4-6,9-11H,3,7-8H2,1H3. The summed E-state index contributed by atoms with van der Waals surface area (Å²) in [6.45, 7) is 0. The average molecular weight is 391 g/mol. The molecule has 0 unspecified atom stereocenters. The summed E-state index contributed by atoms with van der Waals surface area (Å²) in [6, 6.07) is 8.94. The lowest BCUT2D eigenvalue weighted by Gasteiger charge is -2.39. The molecule has 1 aliphatic rings. The highest BCUT2D eigenvalue weighted by Crippen LogP contribution is 2.49. The number of rotatable bonds is 4. The molecule has 0 spiro atoms. The average Bonchev–Trinajstić information content (AvgIpc) is 3.05. The molecule has 3 aromatic rings. The summed E-state index contributed by atoms with van der Waals surface area (Å²) in [5.74, 6) is 0.294. The second-order valence-corrected chi connectivity index (χ2v) is 6.80. The molecule has 0 atom stereocenters. The molecular formula is C19H16F3N3O3. The van der Waals surface area contributed by atoms with E-state index in [2.05, 4.69) is 14.9 Å². The van der Waals surface area contributed by atoms with Gasteiger partial charge < -0.3 is 13.8 Å². The van der Waals surface area contributed by atoms with Gasteiger partial charge in [-0.2, -0.15) is 4.98 Å². The van der Waals surface area contributed by atoms with Gasteiger partial charge in [0.15, 0.2) is 0 Å². The Morgan fingerprint density at radius 1 is 1.21 bits per heavy atom. The molecule has 0 aliphatic heterocycles. The summed E-state index contributed by atoms with van der Waals surface area (Å²) < 4.78 is 48.6. The Labute approximate surface area is 157 Å². The minimum atomic E-state index is -4.76. The van der Waals surface area contributed by atoms with Crippen LogP contribution in [0.2, 0.25) is 0 Å². The molecule has 4 rings (SSSR count). The van der Waals surface area contributed by atoms with E-state index in [1.54, 1.807) is 25.4 Å². The number of benzene rings is 1. The Morgan fingerprint density at radius 2 is 2.00 bits per heavy atom. The number of ether oxygens (including phenoxy) is 1. The van der Waals surface area contributed by atoms with Crippen molar-refractivity contribution in [1.82, 2.24) is 14.7 Å². The Kier molecular flexibility index (Phi) is 4.24. The third kappa shape index (κ3) is 3.28. The summed E-state index contributed by atoms with van der Waals surface area (Å²) in [6.07, 6.45) is -0.942. The van der Waals surface area contributed by atoms with Gasteiger partial charge in [0.05, 0.1) is 5.41 Å². The summed E-state index contributed by atoms with van der Waals surface area (Å²) >= 11 is 0. The van der Waals surface area contributed by atoms with Gasteiger partial charge in [-0.3, -0.25) is 4.79 Å². The lowest BCUT2D eigenvalue weighted by atomic mass is 9.64. The molecule has 1 fully saturated rings. The number of nitrogens with zero attached hydrogens (tertiary/aromatic N) is 3. The van der Waals surface area contributed by atoms with Crippen molar-refractivity contribution in [2.45, 2.75) is 31.0 Å². The highest BCUT2D eigenvalue weighted by Gasteiger charge is 2.46. The fourth-order valence-electron chi connectivity index (χ4n) is 3.37. The first-order valence-electron chi connectivity index (χ1n) is 8.64. The largest absolute Gasteiger partial charge is 0.573 e. The number of hydrogen-bond donors (Lipinski definition) is 0. The van der Waals surface area contributed by atoms with E-state index in [0.29, 0.717) is 29.9 Å². The topological polar surface area (TPSA) is 70.2 Å². The molecule has 1 saturated carbocycles. The number of aromatic nitrogens is 3. The van der Waals surface area contributed by atoms with Crippen LogP contribution in [0.1, 0.15) is 30.7 Å². The SMILES string of the molecule is Cn1ccc(-c2noc(C3(c4cccc(OC(F)(F)F)c4)CCC3)n2)cc1=O. The van der Waals surface area contributed by atoms with Gasteiger partial charge in [-0.05, 0) is 36.6 Å². The van der Waals surface area contributed by atoms with Gasteiger partial charge in [-0.1, -0.05) is 23.7 Å². The van der Waals surface area contributed by atoms with Crippen molar-refractivity contribution in [2.24, 2.45) is 7.05 Å². The zero-order valence-corrected chi connectivity index (χ0v) is 14.9. The van der Waals surface area contributed by atoms with Crippen LogP contribution in [0.25, 0.3) is 11.4 Å². The predicted molar refractivity (Wildman–Crippen MR) is 92.7 cm³/mol. The number of pyridine rings is 1. The molecule has 0 amide bonds. The highest BCUT2D eigenvalue weighted by molar-refractivity contribution is 5.53. The maximum atomic E-state index is 12.6. The smallest absolute Gasteiger partial charge is 0.406 e. The molecule has 0 radical (unpaired) electrons. The molecule has 146 valence electrons. The fraction of sp³-hybridized carbons (Fsp3) is 0.316. The van der Waals surface area contributed by atoms with Crippen LogP contribution in [0.4, 0.5) is 13.2 Å². The zero-order chi connectivity index (χ0) is 19.9. The molecule has 0 N–H and O–H groups in total. The van der Waals surface area contributed by atoms with Gasteiger partial charge in [-0.25, -0.2) is 0 Å². The van der Waals surface area contributed by atoms with E-state index in [1.807, 2.05) is 0 Å². The molecule has 1 aliphatic carbocycles. The van der Waals surface area contributed by atoms with Gasteiger partial charge in [0.25, 0.3) is 5.56 Å². The van der Waals surface area contributed by atoms with Gasteiger partial charge in [0, 0.05) is 24.9 Å². The van der Waals surface area contributed by atoms with Crippen molar-refractivity contribution in [1.29, 1.82) is 0 Å². The van der Waals surface area contributed by atoms with E-state index >= 15 is 0 Å².